The number of aliphatic hydroxyl groups is 1. The van der Waals surface area contributed by atoms with E-state index in [0.29, 0.717) is 0 Å². The highest BCUT2D eigenvalue weighted by molar-refractivity contribution is 4.91. The van der Waals surface area contributed by atoms with Gasteiger partial charge in [-0.05, 0) is 6.07 Å². The van der Waals surface area contributed by atoms with Gasteiger partial charge in [0.2, 0.25) is 0 Å². The summed E-state index contributed by atoms with van der Waals surface area (Å²) in [5.74, 6) is 0.130. The van der Waals surface area contributed by atoms with Gasteiger partial charge in [0.25, 0.3) is 0 Å². The van der Waals surface area contributed by atoms with Crippen LogP contribution in [0, 0.1) is 0 Å². The van der Waals surface area contributed by atoms with E-state index in [1.165, 1.54) is 12.4 Å². The average molecular weight is 142 g/mol. The van der Waals surface area contributed by atoms with Crippen LogP contribution in [-0.4, -0.2) is 21.7 Å². The Morgan fingerprint density at radius 3 is 2.60 bits per heavy atom. The Labute approximate surface area is 57.6 Å². The summed E-state index contributed by atoms with van der Waals surface area (Å²) in [6.45, 7) is -0.843. The van der Waals surface area contributed by atoms with Crippen molar-refractivity contribution >= 4 is 0 Å². The monoisotopic (exact) mass is 142 g/mol. The Kier molecular flexibility index (Phi) is 2.28. The van der Waals surface area contributed by atoms with E-state index in [4.69, 9.17) is 5.11 Å². The van der Waals surface area contributed by atoms with Crippen molar-refractivity contribution in [2.45, 2.75) is 6.10 Å². The molecular weight excluding hydrogens is 135 g/mol. The second-order valence-corrected chi connectivity index (χ2v) is 1.78. The van der Waals surface area contributed by atoms with Gasteiger partial charge in [-0.1, -0.05) is 0 Å². The predicted molar refractivity (Wildman–Crippen MR) is 33.0 cm³/mol. The first-order valence-corrected chi connectivity index (χ1v) is 2.85. The van der Waals surface area contributed by atoms with Crippen LogP contribution in [0.3, 0.4) is 0 Å². The van der Waals surface area contributed by atoms with Crippen molar-refractivity contribution in [1.29, 1.82) is 0 Å². The van der Waals surface area contributed by atoms with Gasteiger partial charge in [-0.15, -0.1) is 0 Å². The highest BCUT2D eigenvalue weighted by Crippen LogP contribution is 2.04. The number of nitrogens with zero attached hydrogens (tertiary/aromatic N) is 2. The maximum absolute atomic E-state index is 11.7. The lowest BCUT2D eigenvalue weighted by Crippen LogP contribution is -2.03. The number of hydrogen-bond acceptors (Lipinski definition) is 3. The lowest BCUT2D eigenvalue weighted by atomic mass is 10.4. The van der Waals surface area contributed by atoms with Crippen molar-refractivity contribution in [2.75, 3.05) is 6.67 Å². The zero-order valence-electron chi connectivity index (χ0n) is 5.24. The molecule has 1 aromatic rings. The zero-order valence-corrected chi connectivity index (χ0v) is 5.24. The lowest BCUT2D eigenvalue weighted by molar-refractivity contribution is 0.133. The van der Waals surface area contributed by atoms with E-state index < -0.39 is 12.8 Å². The molecule has 0 aliphatic heterocycles. The quantitative estimate of drug-likeness (QED) is 0.653. The Bertz CT molecular complexity index is 192. The highest BCUT2D eigenvalue weighted by atomic mass is 19.1. The van der Waals surface area contributed by atoms with Gasteiger partial charge >= 0.3 is 0 Å². The molecule has 10 heavy (non-hydrogen) atoms. The summed E-state index contributed by atoms with van der Waals surface area (Å²) in [7, 11) is 0. The molecule has 0 saturated heterocycles. The minimum absolute atomic E-state index is 0.130. The van der Waals surface area contributed by atoms with E-state index in [1.54, 1.807) is 6.07 Å². The van der Waals surface area contributed by atoms with Crippen LogP contribution >= 0.6 is 0 Å². The zero-order chi connectivity index (χ0) is 7.40. The first-order chi connectivity index (χ1) is 4.84. The molecule has 54 valence electrons. The summed E-state index contributed by atoms with van der Waals surface area (Å²) in [4.78, 5) is 7.30. The third-order valence-electron chi connectivity index (χ3n) is 1.03. The SMILES string of the molecule is OC(CF)c1ncccn1. The van der Waals surface area contributed by atoms with Gasteiger partial charge in [-0.25, -0.2) is 14.4 Å². The smallest absolute Gasteiger partial charge is 0.159 e. The van der Waals surface area contributed by atoms with Gasteiger partial charge in [-0.2, -0.15) is 0 Å². The van der Waals surface area contributed by atoms with E-state index in [2.05, 4.69) is 9.97 Å². The van der Waals surface area contributed by atoms with Crippen LogP contribution in [0.15, 0.2) is 18.5 Å². The summed E-state index contributed by atoms with van der Waals surface area (Å²) in [5, 5.41) is 8.83. The summed E-state index contributed by atoms with van der Waals surface area (Å²) < 4.78 is 11.7. The summed E-state index contributed by atoms with van der Waals surface area (Å²) in [6.07, 6.45) is 1.74. The van der Waals surface area contributed by atoms with Crippen molar-refractivity contribution < 1.29 is 9.50 Å². The first kappa shape index (κ1) is 7.08. The molecule has 0 aliphatic carbocycles. The molecule has 1 unspecified atom stereocenters. The minimum Gasteiger partial charge on any atom is -0.382 e. The Morgan fingerprint density at radius 1 is 1.50 bits per heavy atom. The normalized spacial score (nSPS) is 13.0. The standard InChI is InChI=1S/C6H7FN2O/c7-4-5(10)6-8-2-1-3-9-6/h1-3,5,10H,4H2. The number of rotatable bonds is 2. The van der Waals surface area contributed by atoms with Crippen molar-refractivity contribution in [3.63, 3.8) is 0 Å². The van der Waals surface area contributed by atoms with Crippen LogP contribution in [0.2, 0.25) is 0 Å². The molecule has 1 N–H and O–H groups in total. The van der Waals surface area contributed by atoms with E-state index in [0.717, 1.165) is 0 Å². The maximum Gasteiger partial charge on any atom is 0.159 e. The molecule has 0 radical (unpaired) electrons. The summed E-state index contributed by atoms with van der Waals surface area (Å²) in [6, 6.07) is 1.61. The van der Waals surface area contributed by atoms with E-state index in [-0.39, 0.29) is 5.82 Å². The molecule has 0 saturated carbocycles. The molecule has 0 bridgehead atoms. The molecule has 1 atom stereocenters. The predicted octanol–water partition coefficient (Wildman–Crippen LogP) is 0.480. The molecule has 0 aliphatic rings. The van der Waals surface area contributed by atoms with Gasteiger partial charge in [0, 0.05) is 12.4 Å². The van der Waals surface area contributed by atoms with Crippen LogP contribution in [-0.2, 0) is 0 Å². The number of aliphatic hydroxyl groups excluding tert-OH is 1. The number of halogens is 1. The van der Waals surface area contributed by atoms with Gasteiger partial charge < -0.3 is 5.11 Å². The second-order valence-electron chi connectivity index (χ2n) is 1.78. The Morgan fingerprint density at radius 2 is 2.10 bits per heavy atom. The van der Waals surface area contributed by atoms with Crippen molar-refractivity contribution in [3.05, 3.63) is 24.3 Å². The molecule has 4 heteroatoms. The number of alkyl halides is 1. The third-order valence-corrected chi connectivity index (χ3v) is 1.03. The van der Waals surface area contributed by atoms with Crippen LogP contribution in [0.4, 0.5) is 4.39 Å². The molecule has 0 aromatic carbocycles. The third kappa shape index (κ3) is 1.48. The summed E-state index contributed by atoms with van der Waals surface area (Å²) >= 11 is 0. The Hall–Kier alpha value is -1.03. The van der Waals surface area contributed by atoms with E-state index in [9.17, 15) is 4.39 Å². The van der Waals surface area contributed by atoms with Crippen LogP contribution in [0.5, 0.6) is 0 Å². The van der Waals surface area contributed by atoms with Crippen molar-refractivity contribution in [3.8, 4) is 0 Å². The topological polar surface area (TPSA) is 46.0 Å². The van der Waals surface area contributed by atoms with Crippen LogP contribution < -0.4 is 0 Å². The van der Waals surface area contributed by atoms with Crippen LogP contribution in [0.25, 0.3) is 0 Å². The molecule has 1 aromatic heterocycles. The van der Waals surface area contributed by atoms with Gasteiger partial charge in [-0.3, -0.25) is 0 Å². The fourth-order valence-corrected chi connectivity index (χ4v) is 0.552. The minimum atomic E-state index is -1.18. The highest BCUT2D eigenvalue weighted by Gasteiger charge is 2.07. The molecule has 1 heterocycles. The molecule has 1 rings (SSSR count). The Balaban J connectivity index is 2.75. The van der Waals surface area contributed by atoms with Crippen molar-refractivity contribution in [2.24, 2.45) is 0 Å². The molecule has 3 nitrogen and oxygen atoms in total. The molecular formula is C6H7FN2O. The number of hydrogen-bond donors (Lipinski definition) is 1. The van der Waals surface area contributed by atoms with Gasteiger partial charge in [0.05, 0.1) is 0 Å². The van der Waals surface area contributed by atoms with E-state index in [1.807, 2.05) is 0 Å². The van der Waals surface area contributed by atoms with E-state index >= 15 is 0 Å². The second kappa shape index (κ2) is 3.22. The fraction of sp³-hybridized carbons (Fsp3) is 0.333. The molecule has 0 fully saturated rings. The van der Waals surface area contributed by atoms with Crippen LogP contribution in [0.1, 0.15) is 11.9 Å². The molecule has 0 amide bonds. The number of aromatic nitrogens is 2. The van der Waals surface area contributed by atoms with Crippen molar-refractivity contribution in [1.82, 2.24) is 9.97 Å². The largest absolute Gasteiger partial charge is 0.382 e. The lowest BCUT2D eigenvalue weighted by Gasteiger charge is -2.00. The average Bonchev–Trinajstić information content (AvgIpc) is 2.05. The van der Waals surface area contributed by atoms with Gasteiger partial charge in [0.15, 0.2) is 5.82 Å². The van der Waals surface area contributed by atoms with Gasteiger partial charge in [0.1, 0.15) is 12.8 Å². The molecule has 0 spiro atoms. The maximum atomic E-state index is 11.7. The first-order valence-electron chi connectivity index (χ1n) is 2.85. The fourth-order valence-electron chi connectivity index (χ4n) is 0.552. The summed E-state index contributed by atoms with van der Waals surface area (Å²) in [5.41, 5.74) is 0.